The molecule has 0 amide bonds. The van der Waals surface area contributed by atoms with E-state index in [0.717, 1.165) is 11.1 Å². The van der Waals surface area contributed by atoms with Gasteiger partial charge in [0.05, 0.1) is 11.1 Å². The van der Waals surface area contributed by atoms with Crippen molar-refractivity contribution in [3.8, 4) is 0 Å². The van der Waals surface area contributed by atoms with Crippen molar-refractivity contribution >= 4 is 23.2 Å². The molecule has 4 heteroatoms. The lowest BCUT2D eigenvalue weighted by molar-refractivity contribution is 0.204. The van der Waals surface area contributed by atoms with Crippen molar-refractivity contribution < 1.29 is 0 Å². The Morgan fingerprint density at radius 1 is 0.682 bits per heavy atom. The smallest absolute Gasteiger partial charge is 0.0631 e. The van der Waals surface area contributed by atoms with Crippen molar-refractivity contribution in [2.75, 3.05) is 0 Å². The van der Waals surface area contributed by atoms with E-state index in [2.05, 4.69) is 13.8 Å². The molecule has 0 radical (unpaired) electrons. The Labute approximate surface area is 142 Å². The molecule has 2 rings (SSSR count). The number of benzene rings is 2. The first-order chi connectivity index (χ1) is 10.4. The second kappa shape index (κ2) is 6.59. The first-order valence-electron chi connectivity index (χ1n) is 7.47. The summed E-state index contributed by atoms with van der Waals surface area (Å²) in [5.41, 5.74) is 14.2. The molecular formula is C18H22Cl2N2. The third-order valence-corrected chi connectivity index (χ3v) is 5.13. The minimum absolute atomic E-state index is 0.688. The van der Waals surface area contributed by atoms with Crippen LogP contribution in [0.25, 0.3) is 0 Å². The van der Waals surface area contributed by atoms with Crippen LogP contribution in [0.4, 0.5) is 0 Å². The fourth-order valence-electron chi connectivity index (χ4n) is 3.05. The summed E-state index contributed by atoms with van der Waals surface area (Å²) >= 11 is 12.0. The minimum Gasteiger partial charge on any atom is -0.320 e. The number of halogens is 2. The summed E-state index contributed by atoms with van der Waals surface area (Å²) in [4.78, 5) is 0. The molecule has 0 fully saturated rings. The van der Waals surface area contributed by atoms with Gasteiger partial charge in [-0.15, -0.1) is 0 Å². The SMILES string of the molecule is CC[C@@](N)(c1ccc(Cl)cc1)[C@](N)(CC)c1ccc(Cl)cc1. The Kier molecular flexibility index (Phi) is 5.18. The molecule has 0 aliphatic rings. The predicted molar refractivity (Wildman–Crippen MR) is 95.2 cm³/mol. The Hall–Kier alpha value is -1.06. The summed E-state index contributed by atoms with van der Waals surface area (Å²) in [6.07, 6.45) is 1.42. The maximum atomic E-state index is 6.83. The van der Waals surface area contributed by atoms with Gasteiger partial charge in [-0.25, -0.2) is 0 Å². The first kappa shape index (κ1) is 17.3. The van der Waals surface area contributed by atoms with E-state index in [1.54, 1.807) is 0 Å². The lowest BCUT2D eigenvalue weighted by Gasteiger charge is -2.46. The topological polar surface area (TPSA) is 52.0 Å². The number of rotatable bonds is 5. The molecule has 0 saturated carbocycles. The molecular weight excluding hydrogens is 315 g/mol. The Bertz CT molecular complexity index is 567. The van der Waals surface area contributed by atoms with Crippen molar-refractivity contribution in [2.45, 2.75) is 37.8 Å². The van der Waals surface area contributed by atoms with Gasteiger partial charge in [0.2, 0.25) is 0 Å². The van der Waals surface area contributed by atoms with Gasteiger partial charge in [-0.05, 0) is 48.2 Å². The molecule has 0 heterocycles. The van der Waals surface area contributed by atoms with Crippen LogP contribution in [0.15, 0.2) is 48.5 Å². The van der Waals surface area contributed by atoms with Gasteiger partial charge < -0.3 is 11.5 Å². The normalized spacial score (nSPS) is 16.8. The van der Waals surface area contributed by atoms with Gasteiger partial charge in [0.25, 0.3) is 0 Å². The largest absolute Gasteiger partial charge is 0.320 e. The summed E-state index contributed by atoms with van der Waals surface area (Å²) in [6.45, 7) is 4.11. The van der Waals surface area contributed by atoms with E-state index in [9.17, 15) is 0 Å². The van der Waals surface area contributed by atoms with Crippen LogP contribution in [-0.2, 0) is 11.1 Å². The third kappa shape index (κ3) is 2.89. The van der Waals surface area contributed by atoms with E-state index in [4.69, 9.17) is 34.7 Å². The van der Waals surface area contributed by atoms with Crippen LogP contribution in [0.1, 0.15) is 37.8 Å². The van der Waals surface area contributed by atoms with Gasteiger partial charge in [0.15, 0.2) is 0 Å². The zero-order valence-corrected chi connectivity index (χ0v) is 14.5. The second-order valence-electron chi connectivity index (χ2n) is 5.66. The van der Waals surface area contributed by atoms with Crippen LogP contribution in [0, 0.1) is 0 Å². The molecule has 0 spiro atoms. The number of nitrogens with two attached hydrogens (primary N) is 2. The van der Waals surface area contributed by atoms with Crippen molar-refractivity contribution in [2.24, 2.45) is 11.5 Å². The van der Waals surface area contributed by atoms with Crippen molar-refractivity contribution in [3.63, 3.8) is 0 Å². The van der Waals surface area contributed by atoms with E-state index >= 15 is 0 Å². The summed E-state index contributed by atoms with van der Waals surface area (Å²) in [6, 6.07) is 15.2. The van der Waals surface area contributed by atoms with Gasteiger partial charge in [0, 0.05) is 10.0 Å². The van der Waals surface area contributed by atoms with Gasteiger partial charge in [-0.3, -0.25) is 0 Å². The van der Waals surface area contributed by atoms with Gasteiger partial charge in [-0.2, -0.15) is 0 Å². The highest BCUT2D eigenvalue weighted by molar-refractivity contribution is 6.30. The van der Waals surface area contributed by atoms with Crippen LogP contribution in [0.5, 0.6) is 0 Å². The molecule has 0 saturated heterocycles. The van der Waals surface area contributed by atoms with Gasteiger partial charge >= 0.3 is 0 Å². The molecule has 4 N–H and O–H groups in total. The van der Waals surface area contributed by atoms with Crippen molar-refractivity contribution in [1.82, 2.24) is 0 Å². The molecule has 0 aliphatic carbocycles. The zero-order chi connectivity index (χ0) is 16.4. The molecule has 118 valence electrons. The average Bonchev–Trinajstić information content (AvgIpc) is 2.54. The fourth-order valence-corrected chi connectivity index (χ4v) is 3.30. The lowest BCUT2D eigenvalue weighted by Crippen LogP contribution is -2.60. The Balaban J connectivity index is 2.57. The van der Waals surface area contributed by atoms with Gasteiger partial charge in [0.1, 0.15) is 0 Å². The molecule has 0 aromatic heterocycles. The highest BCUT2D eigenvalue weighted by Gasteiger charge is 2.46. The van der Waals surface area contributed by atoms with Gasteiger partial charge in [-0.1, -0.05) is 61.3 Å². The maximum Gasteiger partial charge on any atom is 0.0631 e. The minimum atomic E-state index is -0.694. The molecule has 22 heavy (non-hydrogen) atoms. The third-order valence-electron chi connectivity index (χ3n) is 4.63. The lowest BCUT2D eigenvalue weighted by atomic mass is 9.66. The maximum absolute atomic E-state index is 6.83. The zero-order valence-electron chi connectivity index (χ0n) is 12.9. The van der Waals surface area contributed by atoms with E-state index in [1.807, 2.05) is 48.5 Å². The summed E-state index contributed by atoms with van der Waals surface area (Å²) < 4.78 is 0. The first-order valence-corrected chi connectivity index (χ1v) is 8.23. The molecule has 2 nitrogen and oxygen atoms in total. The van der Waals surface area contributed by atoms with E-state index in [-0.39, 0.29) is 0 Å². The van der Waals surface area contributed by atoms with Crippen LogP contribution < -0.4 is 11.5 Å². The highest BCUT2D eigenvalue weighted by Crippen LogP contribution is 2.42. The molecule has 0 aliphatic heterocycles. The van der Waals surface area contributed by atoms with E-state index in [1.165, 1.54) is 0 Å². The summed E-state index contributed by atoms with van der Waals surface area (Å²) in [5, 5.41) is 1.38. The molecule has 2 aromatic rings. The van der Waals surface area contributed by atoms with E-state index in [0.29, 0.717) is 22.9 Å². The fraction of sp³-hybridized carbons (Fsp3) is 0.333. The Morgan fingerprint density at radius 3 is 1.18 bits per heavy atom. The molecule has 2 aromatic carbocycles. The van der Waals surface area contributed by atoms with Crippen LogP contribution >= 0.6 is 23.2 Å². The molecule has 0 unspecified atom stereocenters. The summed E-state index contributed by atoms with van der Waals surface area (Å²) in [5.74, 6) is 0. The van der Waals surface area contributed by atoms with Crippen LogP contribution in [0.3, 0.4) is 0 Å². The number of hydrogen-bond donors (Lipinski definition) is 2. The average molecular weight is 337 g/mol. The van der Waals surface area contributed by atoms with Crippen molar-refractivity contribution in [3.05, 3.63) is 69.7 Å². The quantitative estimate of drug-likeness (QED) is 0.822. The monoisotopic (exact) mass is 336 g/mol. The predicted octanol–water partition coefficient (Wildman–Crippen LogP) is 4.82. The molecule has 2 atom stereocenters. The van der Waals surface area contributed by atoms with Crippen LogP contribution in [-0.4, -0.2) is 0 Å². The Morgan fingerprint density at radius 2 is 0.955 bits per heavy atom. The van der Waals surface area contributed by atoms with E-state index < -0.39 is 11.1 Å². The highest BCUT2D eigenvalue weighted by atomic mass is 35.5. The second-order valence-corrected chi connectivity index (χ2v) is 6.54. The van der Waals surface area contributed by atoms with Crippen LogP contribution in [0.2, 0.25) is 10.0 Å². The van der Waals surface area contributed by atoms with Crippen molar-refractivity contribution in [1.29, 1.82) is 0 Å². The number of hydrogen-bond acceptors (Lipinski definition) is 2. The molecule has 0 bridgehead atoms. The summed E-state index contributed by atoms with van der Waals surface area (Å²) in [7, 11) is 0. The standard InChI is InChI=1S/C18H22Cl2N2/c1-3-17(21,13-5-9-15(19)10-6-13)18(22,4-2)14-7-11-16(20)12-8-14/h5-12H,3-4,21-22H2,1-2H3/t17-,18+.